The fourth-order valence-electron chi connectivity index (χ4n) is 1.23. The van der Waals surface area contributed by atoms with Gasteiger partial charge in [0, 0.05) is 11.6 Å². The molecule has 0 aliphatic rings. The van der Waals surface area contributed by atoms with Gasteiger partial charge in [-0.25, -0.2) is 9.59 Å². The molecule has 0 aromatic heterocycles. The van der Waals surface area contributed by atoms with Crippen molar-refractivity contribution in [3.63, 3.8) is 0 Å². The first-order chi connectivity index (χ1) is 9.43. The second kappa shape index (κ2) is 7.72. The number of hydrogen-bond acceptors (Lipinski definition) is 4. The Balaban J connectivity index is 2.53. The Morgan fingerprint density at radius 3 is 2.60 bits per heavy atom. The lowest BCUT2D eigenvalue weighted by Gasteiger charge is -2.07. The van der Waals surface area contributed by atoms with Crippen LogP contribution in [0.1, 0.15) is 17.3 Å². The lowest BCUT2D eigenvalue weighted by atomic mass is 10.2. The van der Waals surface area contributed by atoms with Crippen molar-refractivity contribution < 1.29 is 19.1 Å². The summed E-state index contributed by atoms with van der Waals surface area (Å²) in [7, 11) is 0. The fourth-order valence-corrected chi connectivity index (χ4v) is 1.60. The molecule has 1 aromatic carbocycles. The van der Waals surface area contributed by atoms with Crippen molar-refractivity contribution in [1.82, 2.24) is 10.6 Å². The molecule has 0 unspecified atom stereocenters. The van der Waals surface area contributed by atoms with Crippen molar-refractivity contribution in [2.45, 2.75) is 6.92 Å². The summed E-state index contributed by atoms with van der Waals surface area (Å²) in [6.45, 7) is 1.47. The molecular formula is C12H12Cl2N2O4. The number of ether oxygens (including phenoxy) is 1. The molecule has 0 atom stereocenters. The molecule has 2 N–H and O–H groups in total. The van der Waals surface area contributed by atoms with Crippen LogP contribution in [-0.2, 0) is 9.53 Å². The first-order valence-corrected chi connectivity index (χ1v) is 6.39. The molecule has 0 heterocycles. The number of carbonyl (C=O) groups is 3. The minimum Gasteiger partial charge on any atom is -0.452 e. The molecule has 1 aromatic rings. The summed E-state index contributed by atoms with van der Waals surface area (Å²) >= 11 is 11.5. The molecule has 3 amide bonds. The van der Waals surface area contributed by atoms with E-state index in [-0.39, 0.29) is 10.6 Å². The average Bonchev–Trinajstić information content (AvgIpc) is 2.39. The van der Waals surface area contributed by atoms with E-state index in [0.29, 0.717) is 11.6 Å². The highest BCUT2D eigenvalue weighted by Gasteiger charge is 2.15. The van der Waals surface area contributed by atoms with Crippen LogP contribution in [-0.4, -0.2) is 31.1 Å². The number of amides is 3. The topological polar surface area (TPSA) is 84.5 Å². The van der Waals surface area contributed by atoms with E-state index in [2.05, 4.69) is 5.32 Å². The van der Waals surface area contributed by atoms with Gasteiger partial charge in [0.15, 0.2) is 6.61 Å². The lowest BCUT2D eigenvalue weighted by Crippen LogP contribution is -2.41. The van der Waals surface area contributed by atoms with Crippen LogP contribution < -0.4 is 10.6 Å². The highest BCUT2D eigenvalue weighted by atomic mass is 35.5. The van der Waals surface area contributed by atoms with Gasteiger partial charge in [0.25, 0.3) is 5.91 Å². The molecule has 0 radical (unpaired) electrons. The maximum Gasteiger partial charge on any atom is 0.340 e. The van der Waals surface area contributed by atoms with E-state index in [9.17, 15) is 14.4 Å². The average molecular weight is 319 g/mol. The zero-order chi connectivity index (χ0) is 15.1. The predicted molar refractivity (Wildman–Crippen MR) is 74.0 cm³/mol. The zero-order valence-electron chi connectivity index (χ0n) is 10.5. The van der Waals surface area contributed by atoms with E-state index in [1.54, 1.807) is 6.92 Å². The van der Waals surface area contributed by atoms with Crippen LogP contribution in [0.3, 0.4) is 0 Å². The van der Waals surface area contributed by atoms with Crippen LogP contribution in [0.15, 0.2) is 18.2 Å². The summed E-state index contributed by atoms with van der Waals surface area (Å²) in [5.41, 5.74) is 0.0463. The molecule has 0 bridgehead atoms. The third kappa shape index (κ3) is 5.07. The highest BCUT2D eigenvalue weighted by Crippen LogP contribution is 2.21. The molecule has 0 aliphatic heterocycles. The minimum absolute atomic E-state index is 0.0463. The summed E-state index contributed by atoms with van der Waals surface area (Å²) < 4.78 is 4.73. The van der Waals surface area contributed by atoms with Crippen LogP contribution in [0.4, 0.5) is 4.79 Å². The molecule has 20 heavy (non-hydrogen) atoms. The molecule has 8 heteroatoms. The van der Waals surface area contributed by atoms with Crippen molar-refractivity contribution >= 4 is 41.1 Å². The summed E-state index contributed by atoms with van der Waals surface area (Å²) in [5.74, 6) is -1.55. The smallest absolute Gasteiger partial charge is 0.340 e. The van der Waals surface area contributed by atoms with E-state index in [1.807, 2.05) is 5.32 Å². The van der Waals surface area contributed by atoms with E-state index in [1.165, 1.54) is 18.2 Å². The summed E-state index contributed by atoms with van der Waals surface area (Å²) in [6, 6.07) is 3.63. The maximum atomic E-state index is 11.7. The summed E-state index contributed by atoms with van der Waals surface area (Å²) in [5, 5.41) is 4.82. The molecule has 1 rings (SSSR count). The Bertz CT molecular complexity index is 534. The molecule has 0 aliphatic carbocycles. The maximum absolute atomic E-state index is 11.7. The van der Waals surface area contributed by atoms with Crippen molar-refractivity contribution in [3.05, 3.63) is 33.8 Å². The summed E-state index contributed by atoms with van der Waals surface area (Å²) in [4.78, 5) is 34.0. The normalized spacial score (nSPS) is 9.75. The molecule has 0 spiro atoms. The van der Waals surface area contributed by atoms with Gasteiger partial charge < -0.3 is 10.1 Å². The fraction of sp³-hybridized carbons (Fsp3) is 0.250. The number of carbonyl (C=O) groups excluding carboxylic acids is 3. The Morgan fingerprint density at radius 2 is 1.95 bits per heavy atom. The monoisotopic (exact) mass is 318 g/mol. The molecule has 6 nitrogen and oxygen atoms in total. The zero-order valence-corrected chi connectivity index (χ0v) is 12.0. The standard InChI is InChI=1S/C12H12Cl2N2O4/c1-2-15-12(19)16-10(17)6-20-11(18)8-5-7(13)3-4-9(8)14/h3-5H,2,6H2,1H3,(H2,15,16,17,19). The van der Waals surface area contributed by atoms with Gasteiger partial charge >= 0.3 is 12.0 Å². The third-order valence-corrected chi connectivity index (χ3v) is 2.64. The van der Waals surface area contributed by atoms with Gasteiger partial charge in [-0.05, 0) is 25.1 Å². The van der Waals surface area contributed by atoms with Gasteiger partial charge in [0.05, 0.1) is 10.6 Å². The van der Waals surface area contributed by atoms with Crippen molar-refractivity contribution in [3.8, 4) is 0 Å². The number of urea groups is 1. The number of hydrogen-bond donors (Lipinski definition) is 2. The highest BCUT2D eigenvalue weighted by molar-refractivity contribution is 6.35. The lowest BCUT2D eigenvalue weighted by molar-refractivity contribution is -0.123. The summed E-state index contributed by atoms with van der Waals surface area (Å²) in [6.07, 6.45) is 0. The Kier molecular flexibility index (Phi) is 6.27. The van der Waals surface area contributed by atoms with Gasteiger partial charge in [-0.3, -0.25) is 10.1 Å². The number of halogens is 2. The van der Waals surface area contributed by atoms with Crippen molar-refractivity contribution in [2.24, 2.45) is 0 Å². The van der Waals surface area contributed by atoms with Gasteiger partial charge in [0.2, 0.25) is 0 Å². The van der Waals surface area contributed by atoms with Crippen LogP contribution in [0.5, 0.6) is 0 Å². The SMILES string of the molecule is CCNC(=O)NC(=O)COC(=O)c1cc(Cl)ccc1Cl. The van der Waals surface area contributed by atoms with Gasteiger partial charge in [-0.15, -0.1) is 0 Å². The number of rotatable bonds is 4. The van der Waals surface area contributed by atoms with E-state index < -0.39 is 24.5 Å². The number of imide groups is 1. The minimum atomic E-state index is -0.802. The second-order valence-corrected chi connectivity index (χ2v) is 4.45. The Labute approximate surface area is 125 Å². The van der Waals surface area contributed by atoms with Crippen LogP contribution in [0, 0.1) is 0 Å². The van der Waals surface area contributed by atoms with Crippen LogP contribution in [0.2, 0.25) is 10.0 Å². The van der Waals surface area contributed by atoms with Gasteiger partial charge in [-0.2, -0.15) is 0 Å². The second-order valence-electron chi connectivity index (χ2n) is 3.61. The predicted octanol–water partition coefficient (Wildman–Crippen LogP) is 2.00. The quantitative estimate of drug-likeness (QED) is 0.831. The number of benzene rings is 1. The van der Waals surface area contributed by atoms with Gasteiger partial charge in [-0.1, -0.05) is 23.2 Å². The Morgan fingerprint density at radius 1 is 1.25 bits per heavy atom. The third-order valence-electron chi connectivity index (χ3n) is 2.07. The van der Waals surface area contributed by atoms with Crippen LogP contribution in [0.25, 0.3) is 0 Å². The van der Waals surface area contributed by atoms with Gasteiger partial charge in [0.1, 0.15) is 0 Å². The molecular weight excluding hydrogens is 307 g/mol. The van der Waals surface area contributed by atoms with E-state index in [4.69, 9.17) is 27.9 Å². The van der Waals surface area contributed by atoms with E-state index in [0.717, 1.165) is 0 Å². The number of esters is 1. The van der Waals surface area contributed by atoms with Crippen molar-refractivity contribution in [2.75, 3.05) is 13.2 Å². The first-order valence-electron chi connectivity index (χ1n) is 5.64. The number of nitrogens with one attached hydrogen (secondary N) is 2. The Hall–Kier alpha value is -1.79. The molecule has 0 fully saturated rings. The molecule has 0 saturated carbocycles. The molecule has 108 valence electrons. The van der Waals surface area contributed by atoms with Crippen LogP contribution >= 0.6 is 23.2 Å². The van der Waals surface area contributed by atoms with E-state index >= 15 is 0 Å². The largest absolute Gasteiger partial charge is 0.452 e. The first kappa shape index (κ1) is 16.3. The molecule has 0 saturated heterocycles. The van der Waals surface area contributed by atoms with Crippen molar-refractivity contribution in [1.29, 1.82) is 0 Å².